The van der Waals surface area contributed by atoms with Crippen molar-refractivity contribution in [2.75, 3.05) is 0 Å². The van der Waals surface area contributed by atoms with Gasteiger partial charge in [0.1, 0.15) is 0 Å². The molecule has 1 aliphatic carbocycles. The van der Waals surface area contributed by atoms with Crippen LogP contribution in [0.5, 0.6) is 0 Å². The lowest BCUT2D eigenvalue weighted by Gasteiger charge is -2.27. The molecular formula is C18H18ClF3N2O. The summed E-state index contributed by atoms with van der Waals surface area (Å²) < 4.78 is 38.4. The molecule has 1 aromatic heterocycles. The van der Waals surface area contributed by atoms with E-state index in [2.05, 4.69) is 17.2 Å². The summed E-state index contributed by atoms with van der Waals surface area (Å²) in [6.45, 7) is 2.19. The van der Waals surface area contributed by atoms with Crippen LogP contribution in [0.2, 0.25) is 5.02 Å². The number of pyridine rings is 1. The summed E-state index contributed by atoms with van der Waals surface area (Å²) in [5.41, 5.74) is -0.493. The highest BCUT2D eigenvalue weighted by molar-refractivity contribution is 6.38. The van der Waals surface area contributed by atoms with Gasteiger partial charge in [0.05, 0.1) is 21.7 Å². The van der Waals surface area contributed by atoms with Gasteiger partial charge in [0.25, 0.3) is 5.91 Å². The fourth-order valence-corrected chi connectivity index (χ4v) is 3.46. The van der Waals surface area contributed by atoms with Crippen LogP contribution < -0.4 is 5.32 Å². The molecule has 1 amide bonds. The van der Waals surface area contributed by atoms with Crippen LogP contribution in [0.4, 0.5) is 13.2 Å². The zero-order valence-corrected chi connectivity index (χ0v) is 14.4. The number of rotatable bonds is 2. The molecule has 0 radical (unpaired) electrons. The Hall–Kier alpha value is -1.82. The van der Waals surface area contributed by atoms with Crippen molar-refractivity contribution in [2.24, 2.45) is 5.92 Å². The first-order chi connectivity index (χ1) is 11.8. The Morgan fingerprint density at radius 2 is 1.92 bits per heavy atom. The van der Waals surface area contributed by atoms with E-state index in [9.17, 15) is 18.0 Å². The lowest BCUT2D eigenvalue weighted by molar-refractivity contribution is -0.137. The predicted molar refractivity (Wildman–Crippen MR) is 90.6 cm³/mol. The van der Waals surface area contributed by atoms with E-state index in [1.165, 1.54) is 12.3 Å². The van der Waals surface area contributed by atoms with E-state index in [-0.39, 0.29) is 28.1 Å². The molecule has 1 aromatic carbocycles. The third kappa shape index (κ3) is 3.89. The van der Waals surface area contributed by atoms with Crippen molar-refractivity contribution in [2.45, 2.75) is 44.8 Å². The van der Waals surface area contributed by atoms with Gasteiger partial charge in [0, 0.05) is 17.6 Å². The molecule has 2 aromatic rings. The molecule has 0 aliphatic heterocycles. The van der Waals surface area contributed by atoms with E-state index >= 15 is 0 Å². The average Bonchev–Trinajstić information content (AvgIpc) is 2.56. The van der Waals surface area contributed by atoms with Crippen molar-refractivity contribution in [3.63, 3.8) is 0 Å². The monoisotopic (exact) mass is 370 g/mol. The van der Waals surface area contributed by atoms with E-state index < -0.39 is 11.7 Å². The summed E-state index contributed by atoms with van der Waals surface area (Å²) >= 11 is 6.26. The van der Waals surface area contributed by atoms with Gasteiger partial charge in [-0.05, 0) is 43.7 Å². The maximum absolute atomic E-state index is 12.8. The highest BCUT2D eigenvalue weighted by Gasteiger charge is 2.31. The fraction of sp³-hybridized carbons (Fsp3) is 0.444. The largest absolute Gasteiger partial charge is 0.416 e. The quantitative estimate of drug-likeness (QED) is 0.787. The topological polar surface area (TPSA) is 42.0 Å². The van der Waals surface area contributed by atoms with Crippen molar-refractivity contribution in [3.05, 3.63) is 40.5 Å². The second-order valence-corrected chi connectivity index (χ2v) is 7.02. The van der Waals surface area contributed by atoms with Crippen LogP contribution in [0.3, 0.4) is 0 Å². The van der Waals surface area contributed by atoms with Crippen molar-refractivity contribution >= 4 is 28.4 Å². The zero-order chi connectivity index (χ0) is 18.2. The number of hydrogen-bond acceptors (Lipinski definition) is 2. The van der Waals surface area contributed by atoms with Crippen LogP contribution in [-0.4, -0.2) is 16.9 Å². The molecule has 0 bridgehead atoms. The van der Waals surface area contributed by atoms with Crippen LogP contribution in [0, 0.1) is 5.92 Å². The highest BCUT2D eigenvalue weighted by atomic mass is 35.5. The molecule has 0 saturated heterocycles. The molecule has 1 fully saturated rings. The summed E-state index contributed by atoms with van der Waals surface area (Å²) in [4.78, 5) is 16.5. The van der Waals surface area contributed by atoms with Crippen molar-refractivity contribution in [1.29, 1.82) is 0 Å². The van der Waals surface area contributed by atoms with Crippen LogP contribution in [-0.2, 0) is 6.18 Å². The summed E-state index contributed by atoms with van der Waals surface area (Å²) in [6.07, 6.45) is 0.757. The van der Waals surface area contributed by atoms with Gasteiger partial charge < -0.3 is 5.32 Å². The molecule has 7 heteroatoms. The number of carbonyl (C=O) groups excluding carboxylic acids is 1. The maximum atomic E-state index is 12.8. The number of carbonyl (C=O) groups is 1. The minimum Gasteiger partial charge on any atom is -0.349 e. The molecule has 25 heavy (non-hydrogen) atoms. The lowest BCUT2D eigenvalue weighted by atomic mass is 9.87. The Balaban J connectivity index is 1.84. The second-order valence-electron chi connectivity index (χ2n) is 6.65. The zero-order valence-electron chi connectivity index (χ0n) is 13.7. The van der Waals surface area contributed by atoms with Crippen LogP contribution in [0.1, 0.15) is 48.5 Å². The first kappa shape index (κ1) is 18.0. The minimum absolute atomic E-state index is 0.100. The van der Waals surface area contributed by atoms with Crippen LogP contribution in [0.25, 0.3) is 10.9 Å². The molecule has 1 saturated carbocycles. The number of amides is 1. The molecule has 0 spiro atoms. The molecule has 1 N–H and O–H groups in total. The van der Waals surface area contributed by atoms with Gasteiger partial charge in [-0.15, -0.1) is 0 Å². The number of nitrogens with one attached hydrogen (secondary N) is 1. The molecule has 1 heterocycles. The van der Waals surface area contributed by atoms with Crippen LogP contribution in [0.15, 0.2) is 24.4 Å². The summed E-state index contributed by atoms with van der Waals surface area (Å²) in [5.74, 6) is 0.334. The minimum atomic E-state index is -4.45. The SMILES string of the molecule is CC1CCC(NC(=O)c2cnc3cc(C(F)(F)F)ccc3c2Cl)CC1. The number of halogens is 4. The number of hydrogen-bond donors (Lipinski definition) is 1. The maximum Gasteiger partial charge on any atom is 0.416 e. The normalized spacial score (nSPS) is 21.3. The average molecular weight is 371 g/mol. The Kier molecular flexibility index (Phi) is 4.91. The second kappa shape index (κ2) is 6.83. The molecule has 3 nitrogen and oxygen atoms in total. The Labute approximate surface area is 148 Å². The van der Waals surface area contributed by atoms with Gasteiger partial charge in [-0.25, -0.2) is 0 Å². The number of benzene rings is 1. The number of aromatic nitrogens is 1. The van der Waals surface area contributed by atoms with Gasteiger partial charge in [0.15, 0.2) is 0 Å². The van der Waals surface area contributed by atoms with E-state index in [0.29, 0.717) is 11.3 Å². The Bertz CT molecular complexity index is 799. The first-order valence-electron chi connectivity index (χ1n) is 8.22. The van der Waals surface area contributed by atoms with E-state index in [1.54, 1.807) is 0 Å². The van der Waals surface area contributed by atoms with Gasteiger partial charge in [-0.2, -0.15) is 13.2 Å². The summed E-state index contributed by atoms with van der Waals surface area (Å²) in [5, 5.41) is 3.41. The Morgan fingerprint density at radius 3 is 2.56 bits per heavy atom. The number of fused-ring (bicyclic) bond motifs is 1. The number of nitrogens with zero attached hydrogens (tertiary/aromatic N) is 1. The number of alkyl halides is 3. The van der Waals surface area contributed by atoms with E-state index in [1.807, 2.05) is 0 Å². The lowest BCUT2D eigenvalue weighted by Crippen LogP contribution is -2.37. The van der Waals surface area contributed by atoms with Crippen molar-refractivity contribution in [1.82, 2.24) is 10.3 Å². The predicted octanol–water partition coefficient (Wildman–Crippen LogP) is 5.22. The summed E-state index contributed by atoms with van der Waals surface area (Å²) in [6, 6.07) is 3.24. The standard InChI is InChI=1S/C18H18ClF3N2O/c1-10-2-5-12(6-3-10)24-17(25)14-9-23-15-8-11(18(20,21)22)4-7-13(15)16(14)19/h4,7-10,12H,2-3,5-6H2,1H3,(H,24,25). The smallest absolute Gasteiger partial charge is 0.349 e. The van der Waals surface area contributed by atoms with Gasteiger partial charge >= 0.3 is 6.18 Å². The van der Waals surface area contributed by atoms with Crippen molar-refractivity contribution in [3.8, 4) is 0 Å². The molecule has 0 unspecified atom stereocenters. The third-order valence-corrected chi connectivity index (χ3v) is 5.13. The Morgan fingerprint density at radius 1 is 1.24 bits per heavy atom. The van der Waals surface area contributed by atoms with E-state index in [0.717, 1.165) is 37.8 Å². The van der Waals surface area contributed by atoms with Crippen LogP contribution >= 0.6 is 11.6 Å². The highest BCUT2D eigenvalue weighted by Crippen LogP contribution is 2.33. The van der Waals surface area contributed by atoms with Gasteiger partial charge in [0.2, 0.25) is 0 Å². The van der Waals surface area contributed by atoms with Gasteiger partial charge in [-0.1, -0.05) is 24.6 Å². The molecule has 0 atom stereocenters. The van der Waals surface area contributed by atoms with Gasteiger partial charge in [-0.3, -0.25) is 9.78 Å². The summed E-state index contributed by atoms with van der Waals surface area (Å²) in [7, 11) is 0. The molecular weight excluding hydrogens is 353 g/mol. The first-order valence-corrected chi connectivity index (χ1v) is 8.60. The fourth-order valence-electron chi connectivity index (χ4n) is 3.16. The van der Waals surface area contributed by atoms with E-state index in [4.69, 9.17) is 11.6 Å². The third-order valence-electron chi connectivity index (χ3n) is 4.73. The molecule has 134 valence electrons. The molecule has 1 aliphatic rings. The molecule has 3 rings (SSSR count). The van der Waals surface area contributed by atoms with Crippen molar-refractivity contribution < 1.29 is 18.0 Å².